The molecule has 1 saturated carbocycles. The Morgan fingerprint density at radius 2 is 1.80 bits per heavy atom. The number of nitrogens with zero attached hydrogens (tertiary/aromatic N) is 4. The third-order valence-electron chi connectivity index (χ3n) is 10.1. The number of aryl methyl sites for hydroxylation is 1. The van der Waals surface area contributed by atoms with E-state index in [1.807, 2.05) is 6.07 Å². The average molecular weight is 604 g/mol. The van der Waals surface area contributed by atoms with Gasteiger partial charge in [-0.05, 0) is 85.2 Å². The summed E-state index contributed by atoms with van der Waals surface area (Å²) in [6, 6.07) is 10.3. The minimum Gasteiger partial charge on any atom is -0.508 e. The molecule has 3 aliphatic heterocycles. The Hall–Kier alpha value is -3.63. The Kier molecular flexibility index (Phi) is 6.64. The van der Waals surface area contributed by atoms with Crippen LogP contribution in [0.25, 0.3) is 32.8 Å². The van der Waals surface area contributed by atoms with Gasteiger partial charge in [0, 0.05) is 61.2 Å². The van der Waals surface area contributed by atoms with Crippen LogP contribution in [0.4, 0.5) is 19.0 Å². The number of phenolic OH excluding ortho intramolecular Hbond substituents is 1. The largest absolute Gasteiger partial charge is 0.508 e. The van der Waals surface area contributed by atoms with Crippen LogP contribution in [-0.2, 0) is 0 Å². The predicted octanol–water partition coefficient (Wildman–Crippen LogP) is 5.89. The molecule has 3 saturated heterocycles. The molecule has 0 amide bonds. The third-order valence-corrected chi connectivity index (χ3v) is 10.1. The number of hydrogen-bond acceptors (Lipinski definition) is 7. The van der Waals surface area contributed by atoms with Crippen molar-refractivity contribution in [3.63, 3.8) is 0 Å². The Balaban J connectivity index is 1.21. The van der Waals surface area contributed by atoms with E-state index in [4.69, 9.17) is 9.72 Å². The highest BCUT2D eigenvalue weighted by Gasteiger charge is 2.46. The monoisotopic (exact) mass is 603 g/mol. The van der Waals surface area contributed by atoms with Crippen molar-refractivity contribution in [3.05, 3.63) is 53.6 Å². The number of likely N-dealkylation sites (tertiary alicyclic amines) is 1. The van der Waals surface area contributed by atoms with E-state index in [0.29, 0.717) is 64.8 Å². The molecule has 8 rings (SSSR count). The first kappa shape index (κ1) is 27.9. The number of rotatable bonds is 7. The van der Waals surface area contributed by atoms with E-state index in [1.165, 1.54) is 12.1 Å². The molecule has 2 N–H and O–H groups in total. The Bertz CT molecular complexity index is 1770. The molecule has 4 heterocycles. The van der Waals surface area contributed by atoms with Gasteiger partial charge in [0.05, 0.1) is 6.61 Å². The highest BCUT2D eigenvalue weighted by Crippen LogP contribution is 2.47. The topological polar surface area (TPSA) is 73.8 Å². The first-order valence-corrected chi connectivity index (χ1v) is 15.7. The van der Waals surface area contributed by atoms with Crippen molar-refractivity contribution in [1.29, 1.82) is 0 Å². The smallest absolute Gasteiger partial charge is 0.319 e. The van der Waals surface area contributed by atoms with Gasteiger partial charge in [0.1, 0.15) is 29.1 Å². The molecule has 2 unspecified atom stereocenters. The lowest BCUT2D eigenvalue weighted by atomic mass is 9.93. The summed E-state index contributed by atoms with van der Waals surface area (Å²) < 4.78 is 51.5. The molecule has 1 aliphatic carbocycles. The van der Waals surface area contributed by atoms with Crippen molar-refractivity contribution in [2.75, 3.05) is 44.2 Å². The summed E-state index contributed by atoms with van der Waals surface area (Å²) in [6.07, 6.45) is 3.95. The van der Waals surface area contributed by atoms with E-state index in [0.717, 1.165) is 51.9 Å². The highest BCUT2D eigenvalue weighted by atomic mass is 19.1. The van der Waals surface area contributed by atoms with Gasteiger partial charge in [-0.3, -0.25) is 4.90 Å². The fourth-order valence-corrected chi connectivity index (χ4v) is 7.57. The number of anilines is 1. The number of fused-ring (bicyclic) bond motifs is 4. The molecule has 44 heavy (non-hydrogen) atoms. The number of aromatic nitrogens is 2. The quantitative estimate of drug-likeness (QED) is 0.273. The number of phenols is 1. The van der Waals surface area contributed by atoms with Gasteiger partial charge in [-0.2, -0.15) is 9.97 Å². The van der Waals surface area contributed by atoms with E-state index >= 15 is 4.39 Å². The average Bonchev–Trinajstić information content (AvgIpc) is 3.52. The van der Waals surface area contributed by atoms with Crippen LogP contribution in [0.2, 0.25) is 0 Å². The molecule has 0 spiro atoms. The Morgan fingerprint density at radius 1 is 1.00 bits per heavy atom. The van der Waals surface area contributed by atoms with Crippen LogP contribution in [0.5, 0.6) is 11.8 Å². The van der Waals surface area contributed by atoms with Crippen molar-refractivity contribution in [2.24, 2.45) is 5.41 Å². The number of alkyl halides is 1. The lowest BCUT2D eigenvalue weighted by molar-refractivity contribution is 0.165. The minimum atomic E-state index is -0.770. The molecule has 2 bridgehead atoms. The van der Waals surface area contributed by atoms with Crippen LogP contribution >= 0.6 is 0 Å². The van der Waals surface area contributed by atoms with E-state index in [2.05, 4.69) is 20.1 Å². The summed E-state index contributed by atoms with van der Waals surface area (Å²) in [4.78, 5) is 13.9. The molecule has 3 aromatic carbocycles. The van der Waals surface area contributed by atoms with Gasteiger partial charge >= 0.3 is 6.01 Å². The number of halogens is 3. The number of benzene rings is 3. The second-order valence-electron chi connectivity index (χ2n) is 13.4. The first-order valence-electron chi connectivity index (χ1n) is 15.7. The zero-order valence-electron chi connectivity index (χ0n) is 24.8. The van der Waals surface area contributed by atoms with Crippen LogP contribution in [0.3, 0.4) is 0 Å². The minimum absolute atomic E-state index is 0.0338. The second kappa shape index (κ2) is 10.5. The van der Waals surface area contributed by atoms with E-state index < -0.39 is 17.8 Å². The summed E-state index contributed by atoms with van der Waals surface area (Å²) in [7, 11) is 0. The van der Waals surface area contributed by atoms with Crippen molar-refractivity contribution >= 4 is 27.5 Å². The molecule has 3 atom stereocenters. The van der Waals surface area contributed by atoms with Crippen LogP contribution in [0.15, 0.2) is 36.4 Å². The van der Waals surface area contributed by atoms with Crippen LogP contribution in [0, 0.1) is 24.0 Å². The first-order chi connectivity index (χ1) is 21.2. The molecule has 1 aromatic heterocycles. The van der Waals surface area contributed by atoms with Crippen molar-refractivity contribution in [3.8, 4) is 22.9 Å². The molecule has 0 radical (unpaired) electrons. The van der Waals surface area contributed by atoms with Crippen LogP contribution in [-0.4, -0.2) is 77.6 Å². The van der Waals surface area contributed by atoms with Crippen LogP contribution in [0.1, 0.15) is 37.7 Å². The van der Waals surface area contributed by atoms with Gasteiger partial charge in [-0.25, -0.2) is 13.2 Å². The summed E-state index contributed by atoms with van der Waals surface area (Å²) in [5, 5.41) is 15.9. The molecular weight excluding hydrogens is 567 g/mol. The fourth-order valence-electron chi connectivity index (χ4n) is 7.57. The maximum absolute atomic E-state index is 16.7. The van der Waals surface area contributed by atoms with E-state index in [-0.39, 0.29) is 28.3 Å². The van der Waals surface area contributed by atoms with Gasteiger partial charge in [0.25, 0.3) is 0 Å². The normalized spacial score (nSPS) is 24.5. The summed E-state index contributed by atoms with van der Waals surface area (Å²) in [5.74, 6) is -0.365. The summed E-state index contributed by atoms with van der Waals surface area (Å²) >= 11 is 0. The number of piperazine rings is 1. The predicted molar refractivity (Wildman–Crippen MR) is 164 cm³/mol. The number of aromatic hydroxyl groups is 1. The van der Waals surface area contributed by atoms with Gasteiger partial charge in [0.15, 0.2) is 5.82 Å². The summed E-state index contributed by atoms with van der Waals surface area (Å²) in [5.41, 5.74) is 1.06. The standard InChI is InChI=1S/C34H36F3N5O2/c1-19-28(36)7-2-20-12-24(43)13-27(29(19)20)25-5-6-26-31(30(25)37)39-33(40-32(26)42-15-22-3-4-23(16-42)38-22)44-18-34(9-10-34)17-41-11-8-21(35)14-41/h2,5-7,12-13,21-23,38,43H,3-4,8-11,14-18H2,1H3/t21-,22?,23?/m0/s1. The molecule has 4 aliphatic rings. The molecule has 4 fully saturated rings. The number of ether oxygens (including phenoxy) is 1. The Morgan fingerprint density at radius 3 is 2.52 bits per heavy atom. The van der Waals surface area contributed by atoms with Gasteiger partial charge in [-0.15, -0.1) is 0 Å². The molecule has 230 valence electrons. The fraction of sp³-hybridized carbons (Fsp3) is 0.471. The second-order valence-corrected chi connectivity index (χ2v) is 13.4. The molecular formula is C34H36F3N5O2. The highest BCUT2D eigenvalue weighted by molar-refractivity contribution is 6.03. The molecule has 4 aromatic rings. The van der Waals surface area contributed by atoms with E-state index in [1.54, 1.807) is 25.1 Å². The Labute approximate surface area is 254 Å². The van der Waals surface area contributed by atoms with Crippen molar-refractivity contribution in [1.82, 2.24) is 20.2 Å². The zero-order chi connectivity index (χ0) is 30.2. The zero-order valence-corrected chi connectivity index (χ0v) is 24.8. The van der Waals surface area contributed by atoms with Gasteiger partial charge in [-0.1, -0.05) is 12.1 Å². The summed E-state index contributed by atoms with van der Waals surface area (Å²) in [6.45, 7) is 5.54. The lowest BCUT2D eigenvalue weighted by Crippen LogP contribution is -2.51. The van der Waals surface area contributed by atoms with Crippen molar-refractivity contribution < 1.29 is 23.0 Å². The number of hydrogen-bond donors (Lipinski definition) is 2. The SMILES string of the molecule is Cc1c(F)ccc2cc(O)cc(-c3ccc4c(N5CC6CCC(C5)N6)nc(OCC5(CN6CC[C@H](F)C6)CC5)nc4c3F)c12. The maximum atomic E-state index is 16.7. The molecule has 7 nitrogen and oxygen atoms in total. The number of nitrogens with one attached hydrogen (secondary N) is 1. The van der Waals surface area contributed by atoms with Gasteiger partial charge in [0.2, 0.25) is 0 Å². The molecule has 10 heteroatoms. The van der Waals surface area contributed by atoms with E-state index in [9.17, 15) is 13.9 Å². The van der Waals surface area contributed by atoms with Crippen molar-refractivity contribution in [2.45, 2.75) is 57.3 Å². The maximum Gasteiger partial charge on any atom is 0.319 e. The van der Waals surface area contributed by atoms with Gasteiger partial charge < -0.3 is 20.1 Å². The van der Waals surface area contributed by atoms with Crippen LogP contribution < -0.4 is 15.0 Å². The lowest BCUT2D eigenvalue weighted by Gasteiger charge is -2.34. The third kappa shape index (κ3) is 4.92.